The van der Waals surface area contributed by atoms with Crippen molar-refractivity contribution in [3.05, 3.63) is 52.4 Å². The fourth-order valence-corrected chi connectivity index (χ4v) is 4.57. The smallest absolute Gasteiger partial charge is 0.142 e. The van der Waals surface area contributed by atoms with Crippen LogP contribution < -0.4 is 0 Å². The predicted octanol–water partition coefficient (Wildman–Crippen LogP) is 4.37. The van der Waals surface area contributed by atoms with Gasteiger partial charge in [-0.1, -0.05) is 28.9 Å². The van der Waals surface area contributed by atoms with Gasteiger partial charge in [0.1, 0.15) is 5.76 Å². The minimum atomic E-state index is 0.381. The van der Waals surface area contributed by atoms with Gasteiger partial charge in [-0.15, -0.1) is 0 Å². The number of nitrogens with zero attached hydrogens (tertiary/aromatic N) is 2. The number of benzene rings is 1. The van der Waals surface area contributed by atoms with Crippen LogP contribution in [0.1, 0.15) is 48.1 Å². The quantitative estimate of drug-likeness (QED) is 0.824. The molecule has 2 aromatic rings. The van der Waals surface area contributed by atoms with E-state index in [9.17, 15) is 0 Å². The lowest BCUT2D eigenvalue weighted by atomic mass is 9.75. The second kappa shape index (κ2) is 5.39. The number of rotatable bonds is 2. The molecule has 116 valence electrons. The van der Waals surface area contributed by atoms with Gasteiger partial charge >= 0.3 is 0 Å². The molecule has 4 rings (SSSR count). The van der Waals surface area contributed by atoms with Crippen molar-refractivity contribution in [2.24, 2.45) is 0 Å². The Morgan fingerprint density at radius 1 is 1.23 bits per heavy atom. The topological polar surface area (TPSA) is 29.3 Å². The van der Waals surface area contributed by atoms with Crippen LogP contribution in [0.3, 0.4) is 0 Å². The van der Waals surface area contributed by atoms with Crippen molar-refractivity contribution >= 4 is 11.6 Å². The molecule has 0 spiro atoms. The lowest BCUT2D eigenvalue weighted by Crippen LogP contribution is -2.44. The zero-order chi connectivity index (χ0) is 15.3. The van der Waals surface area contributed by atoms with Crippen molar-refractivity contribution in [1.82, 2.24) is 10.1 Å². The minimum absolute atomic E-state index is 0.381. The van der Waals surface area contributed by atoms with Gasteiger partial charge in [0.15, 0.2) is 0 Å². The molecule has 1 aromatic heterocycles. The Morgan fingerprint density at radius 2 is 2.00 bits per heavy atom. The molecule has 2 aliphatic heterocycles. The summed E-state index contributed by atoms with van der Waals surface area (Å²) in [6.07, 6.45) is 3.71. The second-order valence-corrected chi connectivity index (χ2v) is 7.19. The van der Waals surface area contributed by atoms with Crippen LogP contribution >= 0.6 is 11.6 Å². The molecular formula is C18H21ClN2O. The lowest BCUT2D eigenvalue weighted by molar-refractivity contribution is 0.122. The second-order valence-electron chi connectivity index (χ2n) is 6.75. The maximum Gasteiger partial charge on any atom is 0.142 e. The molecule has 2 aliphatic rings. The fraction of sp³-hybridized carbons (Fsp3) is 0.500. The van der Waals surface area contributed by atoms with Crippen molar-refractivity contribution in [1.29, 1.82) is 0 Å². The molecule has 22 heavy (non-hydrogen) atoms. The Bertz CT molecular complexity index is 666. The first kappa shape index (κ1) is 14.3. The van der Waals surface area contributed by atoms with E-state index in [1.165, 1.54) is 24.8 Å². The third-order valence-electron chi connectivity index (χ3n) is 5.54. The molecule has 0 saturated carbocycles. The Labute approximate surface area is 136 Å². The Kier molecular flexibility index (Phi) is 3.50. The molecule has 0 N–H and O–H groups in total. The maximum absolute atomic E-state index is 6.06. The SMILES string of the molecule is Cc1cc(C2C(c3ccc(Cl)cc3)C[C@@H]3CC[C@H]2N3C)on1. The third kappa shape index (κ3) is 2.27. The van der Waals surface area contributed by atoms with Crippen LogP contribution in [0.2, 0.25) is 5.02 Å². The maximum atomic E-state index is 6.06. The number of likely N-dealkylation sites (N-methyl/N-ethyl adjacent to an activating group) is 1. The van der Waals surface area contributed by atoms with Crippen molar-refractivity contribution in [2.75, 3.05) is 7.05 Å². The van der Waals surface area contributed by atoms with E-state index < -0.39 is 0 Å². The number of fused-ring (bicyclic) bond motifs is 2. The van der Waals surface area contributed by atoms with Gasteiger partial charge in [0.2, 0.25) is 0 Å². The van der Waals surface area contributed by atoms with E-state index in [2.05, 4.69) is 35.3 Å². The lowest BCUT2D eigenvalue weighted by Gasteiger charge is -2.42. The zero-order valence-electron chi connectivity index (χ0n) is 13.0. The largest absolute Gasteiger partial charge is 0.361 e. The van der Waals surface area contributed by atoms with E-state index in [0.29, 0.717) is 23.9 Å². The highest BCUT2D eigenvalue weighted by molar-refractivity contribution is 6.30. The number of aryl methyl sites for hydroxylation is 1. The highest BCUT2D eigenvalue weighted by Gasteiger charge is 2.47. The minimum Gasteiger partial charge on any atom is -0.361 e. The van der Waals surface area contributed by atoms with E-state index in [-0.39, 0.29) is 0 Å². The molecule has 2 saturated heterocycles. The first-order chi connectivity index (χ1) is 10.6. The molecule has 3 heterocycles. The molecular weight excluding hydrogens is 296 g/mol. The molecule has 2 fully saturated rings. The van der Waals surface area contributed by atoms with Gasteiger partial charge < -0.3 is 4.52 Å². The van der Waals surface area contributed by atoms with Gasteiger partial charge in [-0.05, 0) is 56.8 Å². The molecule has 0 radical (unpaired) electrons. The van der Waals surface area contributed by atoms with Crippen LogP contribution in [0.4, 0.5) is 0 Å². The predicted molar refractivity (Wildman–Crippen MR) is 87.4 cm³/mol. The van der Waals surface area contributed by atoms with Crippen LogP contribution in [-0.4, -0.2) is 29.2 Å². The van der Waals surface area contributed by atoms with Gasteiger partial charge in [-0.2, -0.15) is 0 Å². The third-order valence-corrected chi connectivity index (χ3v) is 5.79. The summed E-state index contributed by atoms with van der Waals surface area (Å²) in [4.78, 5) is 2.55. The normalized spacial score (nSPS) is 31.6. The van der Waals surface area contributed by atoms with Crippen LogP contribution in [0.15, 0.2) is 34.9 Å². The highest BCUT2D eigenvalue weighted by atomic mass is 35.5. The highest BCUT2D eigenvalue weighted by Crippen LogP contribution is 2.50. The van der Waals surface area contributed by atoms with E-state index in [0.717, 1.165) is 16.5 Å². The van der Waals surface area contributed by atoms with Crippen LogP contribution in [0.5, 0.6) is 0 Å². The number of halogens is 1. The molecule has 4 atom stereocenters. The number of aromatic nitrogens is 1. The van der Waals surface area contributed by atoms with Gasteiger partial charge in [0.05, 0.1) is 5.69 Å². The first-order valence-electron chi connectivity index (χ1n) is 8.04. The standard InChI is InChI=1S/C18H21ClN2O/c1-11-9-17(22-20-11)18-15(12-3-5-13(19)6-4-12)10-14-7-8-16(18)21(14)2/h3-6,9,14-16,18H,7-8,10H2,1-2H3/t14-,15?,16+,18?/m0/s1. The first-order valence-corrected chi connectivity index (χ1v) is 8.42. The number of piperidine rings is 1. The molecule has 0 aliphatic carbocycles. The van der Waals surface area contributed by atoms with Gasteiger partial charge in [0.25, 0.3) is 0 Å². The molecule has 4 heteroatoms. The summed E-state index contributed by atoms with van der Waals surface area (Å²) in [6.45, 7) is 1.99. The monoisotopic (exact) mass is 316 g/mol. The van der Waals surface area contributed by atoms with Crippen LogP contribution in [-0.2, 0) is 0 Å². The number of hydrogen-bond acceptors (Lipinski definition) is 3. The summed E-state index contributed by atoms with van der Waals surface area (Å²) in [5.41, 5.74) is 2.33. The van der Waals surface area contributed by atoms with E-state index in [1.807, 2.05) is 19.1 Å². The summed E-state index contributed by atoms with van der Waals surface area (Å²) in [5.74, 6) is 1.90. The van der Waals surface area contributed by atoms with Gasteiger partial charge in [-0.25, -0.2) is 0 Å². The fourth-order valence-electron chi connectivity index (χ4n) is 4.45. The Hall–Kier alpha value is -1.32. The molecule has 2 unspecified atom stereocenters. The summed E-state index contributed by atoms with van der Waals surface area (Å²) in [6, 6.07) is 11.7. The van der Waals surface area contributed by atoms with E-state index in [4.69, 9.17) is 16.1 Å². The van der Waals surface area contributed by atoms with Crippen LogP contribution in [0.25, 0.3) is 0 Å². The summed E-state index contributed by atoms with van der Waals surface area (Å²) in [5, 5.41) is 4.92. The van der Waals surface area contributed by atoms with E-state index >= 15 is 0 Å². The Balaban J connectivity index is 1.76. The molecule has 1 aromatic carbocycles. The zero-order valence-corrected chi connectivity index (χ0v) is 13.8. The van der Waals surface area contributed by atoms with Crippen molar-refractivity contribution in [3.63, 3.8) is 0 Å². The van der Waals surface area contributed by atoms with Crippen LogP contribution in [0, 0.1) is 6.92 Å². The van der Waals surface area contributed by atoms with Crippen molar-refractivity contribution < 1.29 is 4.52 Å². The average Bonchev–Trinajstić information content (AvgIpc) is 3.02. The van der Waals surface area contributed by atoms with Gasteiger partial charge in [0, 0.05) is 29.1 Å². The van der Waals surface area contributed by atoms with Gasteiger partial charge in [-0.3, -0.25) is 4.90 Å². The summed E-state index contributed by atoms with van der Waals surface area (Å²) in [7, 11) is 2.26. The molecule has 2 bridgehead atoms. The molecule has 0 amide bonds. The number of hydrogen-bond donors (Lipinski definition) is 0. The Morgan fingerprint density at radius 3 is 2.68 bits per heavy atom. The van der Waals surface area contributed by atoms with E-state index in [1.54, 1.807) is 0 Å². The summed E-state index contributed by atoms with van der Waals surface area (Å²) >= 11 is 6.06. The molecule has 3 nitrogen and oxygen atoms in total. The summed E-state index contributed by atoms with van der Waals surface area (Å²) < 4.78 is 5.68. The average molecular weight is 317 g/mol. The van der Waals surface area contributed by atoms with Crippen molar-refractivity contribution in [2.45, 2.75) is 50.1 Å². The van der Waals surface area contributed by atoms with Crippen molar-refractivity contribution in [3.8, 4) is 0 Å².